The highest BCUT2D eigenvalue weighted by Gasteiger charge is 2.23. The molecule has 0 heterocycles. The first kappa shape index (κ1) is 12.1. The number of ether oxygens (including phenoxy) is 1. The van der Waals surface area contributed by atoms with Crippen LogP contribution in [0.1, 0.15) is 32.3 Å². The number of aliphatic hydroxyl groups is 1. The molecule has 1 rings (SSSR count). The van der Waals surface area contributed by atoms with Crippen LogP contribution in [0.5, 0.6) is 5.75 Å². The van der Waals surface area contributed by atoms with Crippen molar-refractivity contribution in [3.8, 4) is 5.75 Å². The van der Waals surface area contributed by atoms with Gasteiger partial charge in [-0.15, -0.1) is 0 Å². The van der Waals surface area contributed by atoms with Crippen LogP contribution in [0.25, 0.3) is 0 Å². The van der Waals surface area contributed by atoms with Gasteiger partial charge < -0.3 is 9.84 Å². The Labute approximate surface area is 91.9 Å². The van der Waals surface area contributed by atoms with Gasteiger partial charge in [-0.3, -0.25) is 0 Å². The van der Waals surface area contributed by atoms with E-state index in [1.54, 1.807) is 7.11 Å². The van der Waals surface area contributed by atoms with Gasteiger partial charge in [0.05, 0.1) is 12.7 Å². The number of benzene rings is 1. The number of methoxy groups -OCH3 is 1. The minimum absolute atomic E-state index is 0.603. The van der Waals surface area contributed by atoms with E-state index in [1.165, 1.54) is 0 Å². The molecule has 2 heteroatoms. The number of hydrogen-bond acceptors (Lipinski definition) is 2. The minimum atomic E-state index is -0.603. The average Bonchev–Trinajstić information content (AvgIpc) is 2.29. The van der Waals surface area contributed by atoms with E-state index in [9.17, 15) is 5.11 Å². The van der Waals surface area contributed by atoms with Gasteiger partial charge in [-0.1, -0.05) is 32.0 Å². The summed E-state index contributed by atoms with van der Waals surface area (Å²) in [6.07, 6.45) is 2.19. The molecule has 0 fully saturated rings. The monoisotopic (exact) mass is 208 g/mol. The summed E-state index contributed by atoms with van der Waals surface area (Å²) in [7, 11) is 1.66. The van der Waals surface area contributed by atoms with E-state index in [2.05, 4.69) is 0 Å². The van der Waals surface area contributed by atoms with E-state index in [-0.39, 0.29) is 0 Å². The Balaban J connectivity index is 2.87. The molecule has 0 unspecified atom stereocenters. The summed E-state index contributed by atoms with van der Waals surface area (Å²) in [6, 6.07) is 7.86. The molecule has 0 saturated carbocycles. The molecule has 0 aromatic heterocycles. The van der Waals surface area contributed by atoms with Gasteiger partial charge in [-0.05, 0) is 24.5 Å². The molecule has 0 spiro atoms. The maximum atomic E-state index is 10.2. The fourth-order valence-corrected chi connectivity index (χ4v) is 1.70. The molecule has 1 N–H and O–H groups in total. The number of rotatable bonds is 5. The smallest absolute Gasteiger partial charge is 0.122 e. The Morgan fingerprint density at radius 3 is 2.33 bits per heavy atom. The summed E-state index contributed by atoms with van der Waals surface area (Å²) in [5.74, 6) is 0.859. The summed E-state index contributed by atoms with van der Waals surface area (Å²) in [5.41, 5.74) is 0.473. The Kier molecular flexibility index (Phi) is 4.15. The van der Waals surface area contributed by atoms with Crippen LogP contribution < -0.4 is 4.74 Å². The van der Waals surface area contributed by atoms with Gasteiger partial charge >= 0.3 is 0 Å². The highest BCUT2D eigenvalue weighted by Crippen LogP contribution is 2.26. The predicted molar refractivity (Wildman–Crippen MR) is 62.2 cm³/mol. The van der Waals surface area contributed by atoms with Gasteiger partial charge in [-0.2, -0.15) is 0 Å². The Bertz CT molecular complexity index is 303. The van der Waals surface area contributed by atoms with Gasteiger partial charge in [0.15, 0.2) is 0 Å². The maximum Gasteiger partial charge on any atom is 0.122 e. The summed E-state index contributed by atoms with van der Waals surface area (Å²) in [5, 5.41) is 10.2. The van der Waals surface area contributed by atoms with Crippen LogP contribution in [0.15, 0.2) is 24.3 Å². The molecule has 2 nitrogen and oxygen atoms in total. The van der Waals surface area contributed by atoms with Crippen LogP contribution in [-0.2, 0) is 6.42 Å². The fourth-order valence-electron chi connectivity index (χ4n) is 1.70. The zero-order valence-electron chi connectivity index (χ0n) is 9.79. The molecule has 1 aromatic rings. The minimum Gasteiger partial charge on any atom is -0.496 e. The third-order valence-corrected chi connectivity index (χ3v) is 3.03. The first-order valence-electron chi connectivity index (χ1n) is 5.49. The molecule has 84 valence electrons. The molecule has 0 radical (unpaired) electrons. The van der Waals surface area contributed by atoms with Crippen molar-refractivity contribution in [2.24, 2.45) is 0 Å². The van der Waals surface area contributed by atoms with E-state index in [0.717, 1.165) is 24.2 Å². The second kappa shape index (κ2) is 5.17. The molecule has 0 atom stereocenters. The molecule has 0 saturated heterocycles. The lowest BCUT2D eigenvalue weighted by atomic mass is 9.89. The molecule has 0 amide bonds. The Morgan fingerprint density at radius 2 is 1.80 bits per heavy atom. The van der Waals surface area contributed by atoms with Gasteiger partial charge in [0, 0.05) is 6.42 Å². The average molecular weight is 208 g/mol. The molecule has 0 aliphatic carbocycles. The molecular weight excluding hydrogens is 188 g/mol. The van der Waals surface area contributed by atoms with Gasteiger partial charge in [-0.25, -0.2) is 0 Å². The molecule has 1 aromatic carbocycles. The lowest BCUT2D eigenvalue weighted by Crippen LogP contribution is -2.29. The molecular formula is C13H20O2. The van der Waals surface area contributed by atoms with Crippen molar-refractivity contribution in [3.63, 3.8) is 0 Å². The van der Waals surface area contributed by atoms with Crippen LogP contribution in [0.2, 0.25) is 0 Å². The second-order valence-electron chi connectivity index (χ2n) is 3.92. The van der Waals surface area contributed by atoms with Crippen molar-refractivity contribution in [1.29, 1.82) is 0 Å². The lowest BCUT2D eigenvalue weighted by molar-refractivity contribution is 0.0321. The van der Waals surface area contributed by atoms with Crippen molar-refractivity contribution in [2.45, 2.75) is 38.7 Å². The second-order valence-corrected chi connectivity index (χ2v) is 3.92. The Hall–Kier alpha value is -1.02. The van der Waals surface area contributed by atoms with E-state index in [1.807, 2.05) is 38.1 Å². The number of hydrogen-bond donors (Lipinski definition) is 1. The van der Waals surface area contributed by atoms with E-state index in [0.29, 0.717) is 6.42 Å². The van der Waals surface area contributed by atoms with E-state index >= 15 is 0 Å². The molecule has 0 aliphatic heterocycles. The van der Waals surface area contributed by atoms with Gasteiger partial charge in [0.1, 0.15) is 5.75 Å². The first-order chi connectivity index (χ1) is 7.15. The zero-order chi connectivity index (χ0) is 11.3. The standard InChI is InChI=1S/C13H20O2/c1-4-13(14,5-2)10-11-8-6-7-9-12(11)15-3/h6-9,14H,4-5,10H2,1-3H3. The van der Waals surface area contributed by atoms with Crippen LogP contribution in [0.4, 0.5) is 0 Å². The van der Waals surface area contributed by atoms with Crippen LogP contribution in [-0.4, -0.2) is 17.8 Å². The van der Waals surface area contributed by atoms with Crippen molar-refractivity contribution in [1.82, 2.24) is 0 Å². The fraction of sp³-hybridized carbons (Fsp3) is 0.538. The third kappa shape index (κ3) is 2.96. The van der Waals surface area contributed by atoms with Crippen LogP contribution >= 0.6 is 0 Å². The van der Waals surface area contributed by atoms with E-state index in [4.69, 9.17) is 4.74 Å². The van der Waals surface area contributed by atoms with Crippen molar-refractivity contribution in [2.75, 3.05) is 7.11 Å². The molecule has 0 bridgehead atoms. The van der Waals surface area contributed by atoms with Crippen LogP contribution in [0.3, 0.4) is 0 Å². The number of para-hydroxylation sites is 1. The molecule has 0 aliphatic rings. The van der Waals surface area contributed by atoms with Crippen molar-refractivity contribution >= 4 is 0 Å². The lowest BCUT2D eigenvalue weighted by Gasteiger charge is -2.26. The van der Waals surface area contributed by atoms with Crippen molar-refractivity contribution in [3.05, 3.63) is 29.8 Å². The predicted octanol–water partition coefficient (Wildman–Crippen LogP) is 2.79. The maximum absolute atomic E-state index is 10.2. The zero-order valence-corrected chi connectivity index (χ0v) is 9.79. The van der Waals surface area contributed by atoms with Crippen molar-refractivity contribution < 1.29 is 9.84 Å². The van der Waals surface area contributed by atoms with E-state index < -0.39 is 5.60 Å². The largest absolute Gasteiger partial charge is 0.496 e. The summed E-state index contributed by atoms with van der Waals surface area (Å²) in [4.78, 5) is 0. The van der Waals surface area contributed by atoms with Crippen LogP contribution in [0, 0.1) is 0 Å². The topological polar surface area (TPSA) is 29.5 Å². The first-order valence-corrected chi connectivity index (χ1v) is 5.49. The highest BCUT2D eigenvalue weighted by atomic mass is 16.5. The quantitative estimate of drug-likeness (QED) is 0.806. The summed E-state index contributed by atoms with van der Waals surface area (Å²) < 4.78 is 5.27. The third-order valence-electron chi connectivity index (χ3n) is 3.03. The SMILES string of the molecule is CCC(O)(CC)Cc1ccccc1OC. The molecule has 15 heavy (non-hydrogen) atoms. The normalized spacial score (nSPS) is 11.5. The highest BCUT2D eigenvalue weighted by molar-refractivity contribution is 5.34. The Morgan fingerprint density at radius 1 is 1.20 bits per heavy atom. The van der Waals surface area contributed by atoms with Gasteiger partial charge in [0.2, 0.25) is 0 Å². The summed E-state index contributed by atoms with van der Waals surface area (Å²) >= 11 is 0. The van der Waals surface area contributed by atoms with Gasteiger partial charge in [0.25, 0.3) is 0 Å². The summed E-state index contributed by atoms with van der Waals surface area (Å²) in [6.45, 7) is 4.03.